The highest BCUT2D eigenvalue weighted by Gasteiger charge is 2.06. The van der Waals surface area contributed by atoms with Gasteiger partial charge in [-0.2, -0.15) is 0 Å². The van der Waals surface area contributed by atoms with E-state index in [1.54, 1.807) is 6.07 Å². The van der Waals surface area contributed by atoms with E-state index in [0.29, 0.717) is 34.6 Å². The van der Waals surface area contributed by atoms with E-state index < -0.39 is 0 Å². The van der Waals surface area contributed by atoms with Crippen LogP contribution in [0.2, 0.25) is 5.02 Å². The first kappa shape index (κ1) is 13.5. The summed E-state index contributed by atoms with van der Waals surface area (Å²) in [5, 5.41) is 3.35. The van der Waals surface area contributed by atoms with Gasteiger partial charge < -0.3 is 10.7 Å². The molecule has 0 saturated heterocycles. The van der Waals surface area contributed by atoms with E-state index in [1.807, 2.05) is 6.92 Å². The molecule has 2 rings (SSSR count). The van der Waals surface area contributed by atoms with Crippen molar-refractivity contribution in [3.63, 3.8) is 0 Å². The molecule has 0 amide bonds. The molecule has 2 aromatic rings. The molecule has 0 radical (unpaired) electrons. The molecule has 0 saturated carbocycles. The molecule has 1 aromatic heterocycles. The lowest BCUT2D eigenvalue weighted by molar-refractivity contribution is 0.628. The molecule has 0 bridgehead atoms. The maximum Gasteiger partial charge on any atom is 0.145 e. The number of aromatic nitrogens is 2. The van der Waals surface area contributed by atoms with Gasteiger partial charge in [-0.05, 0) is 18.2 Å². The summed E-state index contributed by atoms with van der Waals surface area (Å²) in [6.45, 7) is 1.93. The Morgan fingerprint density at radius 3 is 2.68 bits per heavy atom. The number of hydrazine groups is 1. The Labute approximate surface area is 115 Å². The number of hydrogen-bond donors (Lipinski definition) is 3. The van der Waals surface area contributed by atoms with Crippen molar-refractivity contribution in [1.82, 2.24) is 9.97 Å². The van der Waals surface area contributed by atoms with Crippen LogP contribution in [0.3, 0.4) is 0 Å². The third-order valence-electron chi connectivity index (χ3n) is 2.43. The first-order chi connectivity index (χ1) is 9.12. The van der Waals surface area contributed by atoms with Gasteiger partial charge in [-0.15, -0.1) is 0 Å². The normalized spacial score (nSPS) is 10.3. The molecule has 4 N–H and O–H groups in total. The van der Waals surface area contributed by atoms with E-state index in [0.717, 1.165) is 0 Å². The molecule has 7 heteroatoms. The van der Waals surface area contributed by atoms with Crippen molar-refractivity contribution in [2.45, 2.75) is 13.3 Å². The lowest BCUT2D eigenvalue weighted by atomic mass is 10.3. The molecule has 1 heterocycles. The van der Waals surface area contributed by atoms with Crippen LogP contribution in [0, 0.1) is 5.82 Å². The molecule has 0 aliphatic heterocycles. The van der Waals surface area contributed by atoms with Gasteiger partial charge in [0, 0.05) is 12.5 Å². The number of anilines is 3. The number of aryl methyl sites for hydroxylation is 1. The number of nitrogens with one attached hydrogen (secondary N) is 2. The minimum atomic E-state index is -0.381. The van der Waals surface area contributed by atoms with Crippen LogP contribution in [-0.2, 0) is 6.42 Å². The van der Waals surface area contributed by atoms with Crippen molar-refractivity contribution < 1.29 is 4.39 Å². The SMILES string of the molecule is CCc1nc(NN)cc(Nc2cc(F)ccc2Cl)n1. The van der Waals surface area contributed by atoms with Crippen molar-refractivity contribution in [2.24, 2.45) is 5.84 Å². The second-order valence-corrected chi connectivity index (χ2v) is 4.21. The smallest absolute Gasteiger partial charge is 0.145 e. The zero-order chi connectivity index (χ0) is 13.8. The Hall–Kier alpha value is -1.92. The van der Waals surface area contributed by atoms with Gasteiger partial charge in [0.05, 0.1) is 10.7 Å². The highest BCUT2D eigenvalue weighted by Crippen LogP contribution is 2.26. The summed E-state index contributed by atoms with van der Waals surface area (Å²) in [6, 6.07) is 5.67. The summed E-state index contributed by atoms with van der Waals surface area (Å²) in [5.41, 5.74) is 2.89. The molecule has 0 fully saturated rings. The molecule has 0 aliphatic carbocycles. The zero-order valence-electron chi connectivity index (χ0n) is 10.2. The second-order valence-electron chi connectivity index (χ2n) is 3.80. The van der Waals surface area contributed by atoms with Crippen LogP contribution in [-0.4, -0.2) is 9.97 Å². The Balaban J connectivity index is 2.34. The third kappa shape index (κ3) is 3.30. The fraction of sp³-hybridized carbons (Fsp3) is 0.167. The number of nitrogen functional groups attached to an aromatic ring is 1. The van der Waals surface area contributed by atoms with Gasteiger partial charge in [0.25, 0.3) is 0 Å². The van der Waals surface area contributed by atoms with Crippen molar-refractivity contribution in [2.75, 3.05) is 10.7 Å². The van der Waals surface area contributed by atoms with E-state index in [4.69, 9.17) is 17.4 Å². The lowest BCUT2D eigenvalue weighted by Gasteiger charge is -2.10. The Bertz CT molecular complexity index is 568. The van der Waals surface area contributed by atoms with Crippen LogP contribution >= 0.6 is 11.6 Å². The third-order valence-corrected chi connectivity index (χ3v) is 2.76. The minimum Gasteiger partial charge on any atom is -0.339 e. The van der Waals surface area contributed by atoms with E-state index in [1.165, 1.54) is 18.2 Å². The standard InChI is InChI=1S/C12H13ClFN5/c1-2-10-17-11(6-12(18-10)19-15)16-9-5-7(14)3-4-8(9)13/h3-6H,2,15H2,1H3,(H2,16,17,18,19). The van der Waals surface area contributed by atoms with Crippen molar-refractivity contribution in [3.05, 3.63) is 40.9 Å². The number of halogens is 2. The van der Waals surface area contributed by atoms with E-state index in [2.05, 4.69) is 20.7 Å². The van der Waals surface area contributed by atoms with Crippen molar-refractivity contribution in [1.29, 1.82) is 0 Å². The van der Waals surface area contributed by atoms with Gasteiger partial charge >= 0.3 is 0 Å². The summed E-state index contributed by atoms with van der Waals surface area (Å²) in [6.07, 6.45) is 0.654. The molecule has 1 aromatic carbocycles. The molecular formula is C12H13ClFN5. The predicted molar refractivity (Wildman–Crippen MR) is 73.9 cm³/mol. The average Bonchev–Trinajstić information content (AvgIpc) is 2.42. The van der Waals surface area contributed by atoms with Crippen LogP contribution in [0.25, 0.3) is 0 Å². The fourth-order valence-electron chi connectivity index (χ4n) is 1.52. The summed E-state index contributed by atoms with van der Waals surface area (Å²) in [7, 11) is 0. The predicted octanol–water partition coefficient (Wildman–Crippen LogP) is 2.86. The Morgan fingerprint density at radius 1 is 1.26 bits per heavy atom. The van der Waals surface area contributed by atoms with Crippen LogP contribution in [0.1, 0.15) is 12.7 Å². The van der Waals surface area contributed by atoms with Crippen LogP contribution < -0.4 is 16.6 Å². The topological polar surface area (TPSA) is 75.9 Å². The summed E-state index contributed by atoms with van der Waals surface area (Å²) < 4.78 is 13.2. The van der Waals surface area contributed by atoms with E-state index >= 15 is 0 Å². The first-order valence-corrected chi connectivity index (χ1v) is 6.07. The van der Waals surface area contributed by atoms with Crippen molar-refractivity contribution in [3.8, 4) is 0 Å². The number of benzene rings is 1. The van der Waals surface area contributed by atoms with E-state index in [-0.39, 0.29) is 5.82 Å². The highest BCUT2D eigenvalue weighted by molar-refractivity contribution is 6.33. The van der Waals surface area contributed by atoms with Gasteiger partial charge in [-0.3, -0.25) is 0 Å². The molecular weight excluding hydrogens is 269 g/mol. The highest BCUT2D eigenvalue weighted by atomic mass is 35.5. The van der Waals surface area contributed by atoms with Crippen LogP contribution in [0.5, 0.6) is 0 Å². The van der Waals surface area contributed by atoms with Gasteiger partial charge in [-0.1, -0.05) is 18.5 Å². The average molecular weight is 282 g/mol. The number of nitrogens with zero attached hydrogens (tertiary/aromatic N) is 2. The molecule has 0 aliphatic rings. The van der Waals surface area contributed by atoms with Gasteiger partial charge in [-0.25, -0.2) is 20.2 Å². The molecule has 19 heavy (non-hydrogen) atoms. The molecule has 5 nitrogen and oxygen atoms in total. The molecule has 0 spiro atoms. The maximum atomic E-state index is 13.2. The lowest BCUT2D eigenvalue weighted by Crippen LogP contribution is -2.11. The maximum absolute atomic E-state index is 13.2. The zero-order valence-corrected chi connectivity index (χ0v) is 11.0. The molecule has 0 atom stereocenters. The van der Waals surface area contributed by atoms with E-state index in [9.17, 15) is 4.39 Å². The monoisotopic (exact) mass is 281 g/mol. The number of hydrogen-bond acceptors (Lipinski definition) is 5. The Morgan fingerprint density at radius 2 is 2.00 bits per heavy atom. The first-order valence-electron chi connectivity index (χ1n) is 5.69. The summed E-state index contributed by atoms with van der Waals surface area (Å²) in [4.78, 5) is 8.42. The van der Waals surface area contributed by atoms with Gasteiger partial charge in [0.2, 0.25) is 0 Å². The Kier molecular flexibility index (Phi) is 4.13. The quantitative estimate of drug-likeness (QED) is 0.593. The minimum absolute atomic E-state index is 0.381. The number of rotatable bonds is 4. The summed E-state index contributed by atoms with van der Waals surface area (Å²) in [5.74, 6) is 6.54. The van der Waals surface area contributed by atoms with Crippen LogP contribution in [0.4, 0.5) is 21.7 Å². The fourth-order valence-corrected chi connectivity index (χ4v) is 1.69. The van der Waals surface area contributed by atoms with Gasteiger partial charge in [0.1, 0.15) is 23.3 Å². The molecule has 100 valence electrons. The van der Waals surface area contributed by atoms with Gasteiger partial charge in [0.15, 0.2) is 0 Å². The largest absolute Gasteiger partial charge is 0.339 e. The van der Waals surface area contributed by atoms with Crippen molar-refractivity contribution >= 4 is 28.9 Å². The molecule has 0 unspecified atom stereocenters. The number of nitrogens with two attached hydrogens (primary N) is 1. The summed E-state index contributed by atoms with van der Waals surface area (Å²) >= 11 is 5.98. The van der Waals surface area contributed by atoms with Crippen LogP contribution in [0.15, 0.2) is 24.3 Å². The second kappa shape index (κ2) is 5.81.